The lowest BCUT2D eigenvalue weighted by Gasteiger charge is -2.15. The fourth-order valence-electron chi connectivity index (χ4n) is 2.29. The molecule has 0 aliphatic carbocycles. The molecule has 0 spiro atoms. The molecule has 0 aliphatic rings. The Morgan fingerprint density at radius 3 is 2.35 bits per heavy atom. The first-order valence-electron chi connectivity index (χ1n) is 6.42. The quantitative estimate of drug-likeness (QED) is 0.738. The molecule has 0 radical (unpaired) electrons. The molecular weight excluding hydrogens is 289 g/mol. The predicted molar refractivity (Wildman–Crippen MR) is 84.4 cm³/mol. The highest BCUT2D eigenvalue weighted by Crippen LogP contribution is 2.31. The molecule has 0 bridgehead atoms. The molecule has 3 heteroatoms. The third-order valence-corrected chi connectivity index (χ3v) is 4.14. The Kier molecular flexibility index (Phi) is 4.70. The van der Waals surface area contributed by atoms with E-state index < -0.39 is 0 Å². The first kappa shape index (κ1) is 14.9. The number of hydrogen-bond donors (Lipinski definition) is 0. The van der Waals surface area contributed by atoms with Gasteiger partial charge in [-0.25, -0.2) is 0 Å². The standard InChI is InChI=1S/C17H15Cl2N/c1-11-6-7-12(2)14(8-11)13(10-20)9-15-16(18)4-3-5-17(15)19/h3-8,13H,9H2,1-2H3. The van der Waals surface area contributed by atoms with E-state index in [0.717, 1.165) is 22.3 Å². The zero-order valence-electron chi connectivity index (χ0n) is 11.5. The lowest BCUT2D eigenvalue weighted by molar-refractivity contribution is 0.840. The molecule has 0 amide bonds. The second-order valence-electron chi connectivity index (χ2n) is 4.95. The molecule has 0 heterocycles. The Morgan fingerprint density at radius 2 is 1.75 bits per heavy atom. The Bertz CT molecular complexity index is 651. The van der Waals surface area contributed by atoms with Crippen LogP contribution in [0.15, 0.2) is 36.4 Å². The normalized spacial score (nSPS) is 11.9. The number of nitrogens with zero attached hydrogens (tertiary/aromatic N) is 1. The van der Waals surface area contributed by atoms with Gasteiger partial charge in [0.25, 0.3) is 0 Å². The fraction of sp³-hybridized carbons (Fsp3) is 0.235. The molecule has 2 aromatic carbocycles. The van der Waals surface area contributed by atoms with Gasteiger partial charge in [-0.3, -0.25) is 0 Å². The average Bonchev–Trinajstić information content (AvgIpc) is 2.42. The van der Waals surface area contributed by atoms with Crippen LogP contribution in [-0.2, 0) is 6.42 Å². The summed E-state index contributed by atoms with van der Waals surface area (Å²) in [4.78, 5) is 0. The van der Waals surface area contributed by atoms with Gasteiger partial charge < -0.3 is 0 Å². The summed E-state index contributed by atoms with van der Waals surface area (Å²) in [5.41, 5.74) is 4.15. The number of hydrogen-bond acceptors (Lipinski definition) is 1. The van der Waals surface area contributed by atoms with Gasteiger partial charge in [0.2, 0.25) is 0 Å². The van der Waals surface area contributed by atoms with Crippen LogP contribution in [0.4, 0.5) is 0 Å². The zero-order valence-corrected chi connectivity index (χ0v) is 13.0. The second kappa shape index (κ2) is 6.31. The predicted octanol–water partition coefficient (Wildman–Crippen LogP) is 5.46. The van der Waals surface area contributed by atoms with Crippen molar-refractivity contribution in [1.82, 2.24) is 0 Å². The first-order valence-corrected chi connectivity index (χ1v) is 7.18. The number of aryl methyl sites for hydroxylation is 2. The molecule has 102 valence electrons. The zero-order chi connectivity index (χ0) is 14.7. The summed E-state index contributed by atoms with van der Waals surface area (Å²) >= 11 is 12.4. The Morgan fingerprint density at radius 1 is 1.10 bits per heavy atom. The van der Waals surface area contributed by atoms with E-state index in [1.54, 1.807) is 12.1 Å². The topological polar surface area (TPSA) is 23.8 Å². The van der Waals surface area contributed by atoms with E-state index >= 15 is 0 Å². The molecule has 1 atom stereocenters. The highest BCUT2D eigenvalue weighted by Gasteiger charge is 2.17. The number of benzene rings is 2. The van der Waals surface area contributed by atoms with Crippen LogP contribution in [0.5, 0.6) is 0 Å². The molecule has 0 saturated heterocycles. The molecule has 2 aromatic rings. The fourth-order valence-corrected chi connectivity index (χ4v) is 2.84. The van der Waals surface area contributed by atoms with Crippen molar-refractivity contribution in [2.45, 2.75) is 26.2 Å². The molecule has 0 saturated carbocycles. The van der Waals surface area contributed by atoms with Crippen molar-refractivity contribution in [2.75, 3.05) is 0 Å². The average molecular weight is 304 g/mol. The van der Waals surface area contributed by atoms with Crippen molar-refractivity contribution in [1.29, 1.82) is 5.26 Å². The number of rotatable bonds is 3. The van der Waals surface area contributed by atoms with E-state index in [0.29, 0.717) is 16.5 Å². The van der Waals surface area contributed by atoms with E-state index in [1.807, 2.05) is 26.0 Å². The first-order chi connectivity index (χ1) is 9.52. The van der Waals surface area contributed by atoms with Gasteiger partial charge >= 0.3 is 0 Å². The van der Waals surface area contributed by atoms with Crippen molar-refractivity contribution < 1.29 is 0 Å². The van der Waals surface area contributed by atoms with Crippen molar-refractivity contribution in [3.05, 3.63) is 68.7 Å². The van der Waals surface area contributed by atoms with Gasteiger partial charge in [0.15, 0.2) is 0 Å². The van der Waals surface area contributed by atoms with E-state index in [4.69, 9.17) is 23.2 Å². The third kappa shape index (κ3) is 3.15. The van der Waals surface area contributed by atoms with Crippen LogP contribution in [0.1, 0.15) is 28.2 Å². The van der Waals surface area contributed by atoms with E-state index in [-0.39, 0.29) is 5.92 Å². The Labute approximate surface area is 129 Å². The third-order valence-electron chi connectivity index (χ3n) is 3.44. The maximum atomic E-state index is 9.50. The molecule has 0 aliphatic heterocycles. The van der Waals surface area contributed by atoms with Crippen molar-refractivity contribution in [2.24, 2.45) is 0 Å². The smallest absolute Gasteiger partial charge is 0.0756 e. The number of halogens is 2. The minimum absolute atomic E-state index is 0.243. The highest BCUT2D eigenvalue weighted by atomic mass is 35.5. The molecule has 0 fully saturated rings. The summed E-state index contributed by atoms with van der Waals surface area (Å²) in [6, 6.07) is 14.0. The van der Waals surface area contributed by atoms with Crippen LogP contribution < -0.4 is 0 Å². The molecule has 0 aromatic heterocycles. The minimum Gasteiger partial charge on any atom is -0.198 e. The molecule has 0 N–H and O–H groups in total. The Balaban J connectivity index is 2.40. The second-order valence-corrected chi connectivity index (χ2v) is 5.76. The summed E-state index contributed by atoms with van der Waals surface area (Å²) in [6.45, 7) is 4.05. The lowest BCUT2D eigenvalue weighted by Crippen LogP contribution is -2.04. The van der Waals surface area contributed by atoms with E-state index in [1.165, 1.54) is 0 Å². The Hall–Kier alpha value is -1.49. The van der Waals surface area contributed by atoms with Crippen molar-refractivity contribution in [3.8, 4) is 6.07 Å². The lowest BCUT2D eigenvalue weighted by atomic mass is 9.89. The summed E-state index contributed by atoms with van der Waals surface area (Å²) in [7, 11) is 0. The summed E-state index contributed by atoms with van der Waals surface area (Å²) in [6.07, 6.45) is 0.527. The van der Waals surface area contributed by atoms with Crippen LogP contribution in [-0.4, -0.2) is 0 Å². The van der Waals surface area contributed by atoms with Crippen LogP contribution in [0.2, 0.25) is 10.0 Å². The van der Waals surface area contributed by atoms with Crippen LogP contribution >= 0.6 is 23.2 Å². The van der Waals surface area contributed by atoms with E-state index in [2.05, 4.69) is 18.2 Å². The monoisotopic (exact) mass is 303 g/mol. The van der Waals surface area contributed by atoms with Crippen molar-refractivity contribution in [3.63, 3.8) is 0 Å². The molecular formula is C17H15Cl2N. The maximum absolute atomic E-state index is 9.50. The largest absolute Gasteiger partial charge is 0.198 e. The highest BCUT2D eigenvalue weighted by molar-refractivity contribution is 6.36. The van der Waals surface area contributed by atoms with Gasteiger partial charge in [-0.15, -0.1) is 0 Å². The van der Waals surface area contributed by atoms with Gasteiger partial charge in [-0.1, -0.05) is 53.0 Å². The van der Waals surface area contributed by atoms with Gasteiger partial charge in [-0.05, 0) is 49.1 Å². The van der Waals surface area contributed by atoms with Crippen molar-refractivity contribution >= 4 is 23.2 Å². The van der Waals surface area contributed by atoms with Gasteiger partial charge in [0, 0.05) is 10.0 Å². The molecule has 20 heavy (non-hydrogen) atoms. The van der Waals surface area contributed by atoms with Gasteiger partial charge in [-0.2, -0.15) is 5.26 Å². The molecule has 1 unspecified atom stereocenters. The van der Waals surface area contributed by atoms with Crippen LogP contribution in [0.3, 0.4) is 0 Å². The summed E-state index contributed by atoms with van der Waals surface area (Å²) in [5.74, 6) is -0.243. The SMILES string of the molecule is Cc1ccc(C)c(C(C#N)Cc2c(Cl)cccc2Cl)c1. The van der Waals surface area contributed by atoms with E-state index in [9.17, 15) is 5.26 Å². The van der Waals surface area contributed by atoms with Gasteiger partial charge in [0.1, 0.15) is 0 Å². The van der Waals surface area contributed by atoms with Gasteiger partial charge in [0.05, 0.1) is 12.0 Å². The van der Waals surface area contributed by atoms with Crippen LogP contribution in [0, 0.1) is 25.2 Å². The molecule has 1 nitrogen and oxygen atoms in total. The number of nitriles is 1. The van der Waals surface area contributed by atoms with Crippen LogP contribution in [0.25, 0.3) is 0 Å². The minimum atomic E-state index is -0.243. The maximum Gasteiger partial charge on any atom is 0.0756 e. The molecule has 2 rings (SSSR count). The summed E-state index contributed by atoms with van der Waals surface area (Å²) < 4.78 is 0. The summed E-state index contributed by atoms with van der Waals surface area (Å²) in [5, 5.41) is 10.7.